The van der Waals surface area contributed by atoms with E-state index in [1.54, 1.807) is 7.05 Å². The van der Waals surface area contributed by atoms with Gasteiger partial charge in [0, 0.05) is 39.3 Å². The minimum Gasteiger partial charge on any atom is -0.354 e. The van der Waals surface area contributed by atoms with Crippen LogP contribution in [0.25, 0.3) is 0 Å². The molecule has 2 N–H and O–H groups in total. The summed E-state index contributed by atoms with van der Waals surface area (Å²) in [5, 5.41) is 6.66. The van der Waals surface area contributed by atoms with Crippen molar-refractivity contribution >= 4 is 35.8 Å². The van der Waals surface area contributed by atoms with E-state index in [0.717, 1.165) is 31.5 Å². The van der Waals surface area contributed by atoms with Gasteiger partial charge in [0.2, 0.25) is 5.91 Å². The standard InChI is InChI=1S/C21H35N5O.HI/c1-4-13-25-14-11-19(12-15-25)24-21(22-3)23-16-20(27)26(5-2)17-18-9-7-6-8-10-18;/h6-10,19H,4-5,11-17H2,1-3H3,(H2,22,23,24);1H. The lowest BCUT2D eigenvalue weighted by Gasteiger charge is -2.32. The number of hydrogen-bond acceptors (Lipinski definition) is 3. The molecule has 0 spiro atoms. The molecule has 6 nitrogen and oxygen atoms in total. The summed E-state index contributed by atoms with van der Waals surface area (Å²) in [6, 6.07) is 10.5. The van der Waals surface area contributed by atoms with E-state index in [1.807, 2.05) is 30.0 Å². The van der Waals surface area contributed by atoms with Crippen molar-refractivity contribution in [3.8, 4) is 0 Å². The average Bonchev–Trinajstić information content (AvgIpc) is 2.71. The van der Waals surface area contributed by atoms with Gasteiger partial charge in [0.25, 0.3) is 0 Å². The molecule has 0 aromatic heterocycles. The van der Waals surface area contributed by atoms with E-state index in [1.165, 1.54) is 13.0 Å². The summed E-state index contributed by atoms with van der Waals surface area (Å²) >= 11 is 0. The van der Waals surface area contributed by atoms with Crippen LogP contribution in [0.3, 0.4) is 0 Å². The number of guanidine groups is 1. The molecule has 0 unspecified atom stereocenters. The topological polar surface area (TPSA) is 60.0 Å². The third-order valence-corrected chi connectivity index (χ3v) is 5.05. The van der Waals surface area contributed by atoms with Crippen molar-refractivity contribution in [1.82, 2.24) is 20.4 Å². The average molecular weight is 501 g/mol. The Labute approximate surface area is 187 Å². The lowest BCUT2D eigenvalue weighted by atomic mass is 10.1. The quantitative estimate of drug-likeness (QED) is 0.327. The van der Waals surface area contributed by atoms with Crippen LogP contribution in [0.4, 0.5) is 0 Å². The lowest BCUT2D eigenvalue weighted by Crippen LogP contribution is -2.50. The molecule has 1 aromatic rings. The Morgan fingerprint density at radius 2 is 1.89 bits per heavy atom. The van der Waals surface area contributed by atoms with E-state index < -0.39 is 0 Å². The molecule has 0 atom stereocenters. The number of halogens is 1. The van der Waals surface area contributed by atoms with Crippen LogP contribution in [0, 0.1) is 0 Å². The maximum Gasteiger partial charge on any atom is 0.242 e. The van der Waals surface area contributed by atoms with E-state index in [9.17, 15) is 4.79 Å². The maximum atomic E-state index is 12.6. The summed E-state index contributed by atoms with van der Waals surface area (Å²) in [7, 11) is 1.76. The number of aliphatic imine (C=N–C) groups is 1. The van der Waals surface area contributed by atoms with E-state index in [4.69, 9.17) is 0 Å². The molecular formula is C21H36IN5O. The second-order valence-electron chi connectivity index (χ2n) is 7.08. The highest BCUT2D eigenvalue weighted by Gasteiger charge is 2.20. The van der Waals surface area contributed by atoms with Gasteiger partial charge in [-0.3, -0.25) is 9.79 Å². The van der Waals surface area contributed by atoms with Gasteiger partial charge < -0.3 is 20.4 Å². The Morgan fingerprint density at radius 3 is 2.46 bits per heavy atom. The van der Waals surface area contributed by atoms with Crippen molar-refractivity contribution in [2.45, 2.75) is 45.7 Å². The van der Waals surface area contributed by atoms with Crippen LogP contribution >= 0.6 is 24.0 Å². The summed E-state index contributed by atoms with van der Waals surface area (Å²) in [6.45, 7) is 9.27. The van der Waals surface area contributed by atoms with Gasteiger partial charge in [-0.25, -0.2) is 0 Å². The van der Waals surface area contributed by atoms with Crippen molar-refractivity contribution in [2.24, 2.45) is 4.99 Å². The van der Waals surface area contributed by atoms with E-state index in [0.29, 0.717) is 25.1 Å². The minimum atomic E-state index is 0. The molecule has 1 saturated heterocycles. The van der Waals surface area contributed by atoms with Crippen molar-refractivity contribution in [2.75, 3.05) is 39.8 Å². The van der Waals surface area contributed by atoms with Gasteiger partial charge in [-0.2, -0.15) is 0 Å². The molecule has 0 saturated carbocycles. The first-order valence-electron chi connectivity index (χ1n) is 10.2. The molecule has 1 aliphatic heterocycles. The Bertz CT molecular complexity index is 588. The van der Waals surface area contributed by atoms with E-state index in [2.05, 4.69) is 39.6 Å². The van der Waals surface area contributed by atoms with Crippen molar-refractivity contribution in [3.05, 3.63) is 35.9 Å². The summed E-state index contributed by atoms with van der Waals surface area (Å²) in [6.07, 6.45) is 3.44. The zero-order valence-electron chi connectivity index (χ0n) is 17.5. The zero-order chi connectivity index (χ0) is 19.5. The van der Waals surface area contributed by atoms with Gasteiger partial charge in [-0.05, 0) is 38.3 Å². The Morgan fingerprint density at radius 1 is 1.21 bits per heavy atom. The fourth-order valence-electron chi connectivity index (χ4n) is 3.46. The Hall–Kier alpha value is -1.35. The normalized spacial score (nSPS) is 15.6. The Kier molecular flexibility index (Phi) is 12.1. The van der Waals surface area contributed by atoms with Crippen LogP contribution in [0.5, 0.6) is 0 Å². The van der Waals surface area contributed by atoms with Crippen LogP contribution in [0.1, 0.15) is 38.7 Å². The van der Waals surface area contributed by atoms with Crippen LogP contribution in [0.2, 0.25) is 0 Å². The molecule has 158 valence electrons. The number of benzene rings is 1. The molecule has 7 heteroatoms. The van der Waals surface area contributed by atoms with Crippen molar-refractivity contribution in [1.29, 1.82) is 0 Å². The number of carbonyl (C=O) groups excluding carboxylic acids is 1. The van der Waals surface area contributed by atoms with Gasteiger partial charge in [0.1, 0.15) is 0 Å². The molecule has 2 rings (SSSR count). The number of rotatable bonds is 8. The number of likely N-dealkylation sites (N-methyl/N-ethyl adjacent to an activating group) is 1. The summed E-state index contributed by atoms with van der Waals surface area (Å²) in [5.41, 5.74) is 1.15. The van der Waals surface area contributed by atoms with Gasteiger partial charge in [-0.1, -0.05) is 37.3 Å². The first-order valence-corrected chi connectivity index (χ1v) is 10.2. The molecule has 1 fully saturated rings. The SMILES string of the molecule is CCCN1CCC(NC(=NC)NCC(=O)N(CC)Cc2ccccc2)CC1.I. The molecule has 28 heavy (non-hydrogen) atoms. The van der Waals surface area contributed by atoms with E-state index >= 15 is 0 Å². The second kappa shape index (κ2) is 13.8. The third-order valence-electron chi connectivity index (χ3n) is 5.05. The zero-order valence-corrected chi connectivity index (χ0v) is 19.8. The molecule has 0 aliphatic carbocycles. The third kappa shape index (κ3) is 8.34. The van der Waals surface area contributed by atoms with Crippen LogP contribution in [-0.4, -0.2) is 67.5 Å². The van der Waals surface area contributed by atoms with Crippen LogP contribution < -0.4 is 10.6 Å². The fourth-order valence-corrected chi connectivity index (χ4v) is 3.46. The summed E-state index contributed by atoms with van der Waals surface area (Å²) in [5.74, 6) is 0.801. The fraction of sp³-hybridized carbons (Fsp3) is 0.619. The monoisotopic (exact) mass is 501 g/mol. The number of nitrogens with one attached hydrogen (secondary N) is 2. The predicted molar refractivity (Wildman–Crippen MR) is 127 cm³/mol. The number of amides is 1. The smallest absolute Gasteiger partial charge is 0.242 e. The largest absolute Gasteiger partial charge is 0.354 e. The van der Waals surface area contributed by atoms with Crippen molar-refractivity contribution in [3.63, 3.8) is 0 Å². The Balaban J connectivity index is 0.00000392. The molecule has 1 amide bonds. The summed E-state index contributed by atoms with van der Waals surface area (Å²) < 4.78 is 0. The molecule has 0 bridgehead atoms. The number of nitrogens with zero attached hydrogens (tertiary/aromatic N) is 3. The van der Waals surface area contributed by atoms with Gasteiger partial charge >= 0.3 is 0 Å². The van der Waals surface area contributed by atoms with Crippen LogP contribution in [0.15, 0.2) is 35.3 Å². The molecule has 1 heterocycles. The molecule has 1 aromatic carbocycles. The lowest BCUT2D eigenvalue weighted by molar-refractivity contribution is -0.130. The van der Waals surface area contributed by atoms with Gasteiger partial charge in [-0.15, -0.1) is 24.0 Å². The number of carbonyl (C=O) groups is 1. The molecular weight excluding hydrogens is 465 g/mol. The predicted octanol–water partition coefficient (Wildman–Crippen LogP) is 2.69. The summed E-state index contributed by atoms with van der Waals surface area (Å²) in [4.78, 5) is 21.2. The first-order chi connectivity index (χ1) is 13.2. The van der Waals surface area contributed by atoms with Gasteiger partial charge in [0.05, 0.1) is 6.54 Å². The second-order valence-corrected chi connectivity index (χ2v) is 7.08. The van der Waals surface area contributed by atoms with Crippen LogP contribution in [-0.2, 0) is 11.3 Å². The van der Waals surface area contributed by atoms with Gasteiger partial charge in [0.15, 0.2) is 5.96 Å². The van der Waals surface area contributed by atoms with Crippen molar-refractivity contribution < 1.29 is 4.79 Å². The highest BCUT2D eigenvalue weighted by Crippen LogP contribution is 2.10. The molecule has 1 aliphatic rings. The highest BCUT2D eigenvalue weighted by atomic mass is 127. The highest BCUT2D eigenvalue weighted by molar-refractivity contribution is 14.0. The first kappa shape index (κ1) is 24.7. The van der Waals surface area contributed by atoms with E-state index in [-0.39, 0.29) is 36.4 Å². The number of likely N-dealkylation sites (tertiary alicyclic amines) is 1. The molecule has 0 radical (unpaired) electrons. The number of piperidine rings is 1. The maximum absolute atomic E-state index is 12.6. The minimum absolute atomic E-state index is 0. The number of hydrogen-bond donors (Lipinski definition) is 2.